The molecule has 198 valence electrons. The number of hydrogen-bond donors (Lipinski definition) is 1. The van der Waals surface area contributed by atoms with E-state index in [0.29, 0.717) is 34.8 Å². The SMILES string of the molecule is C=CCn1c(SCC(=O)Nc2ncc(Cc3cccc(C(F)(F)F)c3)s2)nnc1-c1ccc(OCC)cc1. The molecule has 7 nitrogen and oxygen atoms in total. The normalized spacial score (nSPS) is 11.4. The third-order valence-electron chi connectivity index (χ3n) is 5.22. The first kappa shape index (κ1) is 27.4. The van der Waals surface area contributed by atoms with Crippen LogP contribution in [0.2, 0.25) is 0 Å². The fourth-order valence-corrected chi connectivity index (χ4v) is 5.17. The molecule has 38 heavy (non-hydrogen) atoms. The third kappa shape index (κ3) is 7.01. The molecule has 2 aromatic heterocycles. The number of carbonyl (C=O) groups excluding carboxylic acids is 1. The van der Waals surface area contributed by atoms with E-state index >= 15 is 0 Å². The summed E-state index contributed by atoms with van der Waals surface area (Å²) in [6, 6.07) is 12.7. The van der Waals surface area contributed by atoms with Crippen molar-refractivity contribution in [3.05, 3.63) is 83.4 Å². The monoisotopic (exact) mass is 559 g/mol. The van der Waals surface area contributed by atoms with E-state index in [4.69, 9.17) is 4.74 Å². The molecule has 0 saturated carbocycles. The Kier molecular flexibility index (Phi) is 8.85. The van der Waals surface area contributed by atoms with Gasteiger partial charge in [0.1, 0.15) is 5.75 Å². The van der Waals surface area contributed by atoms with Crippen molar-refractivity contribution in [2.24, 2.45) is 0 Å². The number of alkyl halides is 3. The summed E-state index contributed by atoms with van der Waals surface area (Å²) in [6.07, 6.45) is -0.832. The Labute approximate surface area is 225 Å². The van der Waals surface area contributed by atoms with Crippen LogP contribution >= 0.6 is 23.1 Å². The number of aromatic nitrogens is 4. The van der Waals surface area contributed by atoms with Crippen molar-refractivity contribution in [1.82, 2.24) is 19.7 Å². The van der Waals surface area contributed by atoms with Crippen molar-refractivity contribution in [1.29, 1.82) is 0 Å². The molecule has 0 aliphatic carbocycles. The van der Waals surface area contributed by atoms with Crippen molar-refractivity contribution >= 4 is 34.1 Å². The Morgan fingerprint density at radius 3 is 2.71 bits per heavy atom. The molecular weight excluding hydrogens is 535 g/mol. The van der Waals surface area contributed by atoms with Crippen molar-refractivity contribution < 1.29 is 22.7 Å². The minimum absolute atomic E-state index is 0.0705. The van der Waals surface area contributed by atoms with Crippen LogP contribution in [0.25, 0.3) is 11.4 Å². The Morgan fingerprint density at radius 1 is 1.21 bits per heavy atom. The Hall–Kier alpha value is -3.64. The second-order valence-corrected chi connectivity index (χ2v) is 10.1. The Bertz CT molecular complexity index is 1400. The van der Waals surface area contributed by atoms with Gasteiger partial charge in [-0.25, -0.2) is 4.98 Å². The van der Waals surface area contributed by atoms with Crippen molar-refractivity contribution in [3.8, 4) is 17.1 Å². The number of thiazole rings is 1. The molecule has 1 N–H and O–H groups in total. The van der Waals surface area contributed by atoms with E-state index in [0.717, 1.165) is 28.3 Å². The second kappa shape index (κ2) is 12.3. The Balaban J connectivity index is 1.37. The minimum atomic E-state index is -4.40. The second-order valence-electron chi connectivity index (χ2n) is 8.01. The van der Waals surface area contributed by atoms with Gasteiger partial charge in [0.05, 0.1) is 17.9 Å². The van der Waals surface area contributed by atoms with Crippen LogP contribution < -0.4 is 10.1 Å². The van der Waals surface area contributed by atoms with Gasteiger partial charge in [0.25, 0.3) is 0 Å². The molecule has 0 radical (unpaired) electrons. The van der Waals surface area contributed by atoms with Gasteiger partial charge >= 0.3 is 6.18 Å². The van der Waals surface area contributed by atoms with Gasteiger partial charge in [-0.3, -0.25) is 9.36 Å². The van der Waals surface area contributed by atoms with E-state index in [1.165, 1.54) is 29.2 Å². The van der Waals surface area contributed by atoms with E-state index in [9.17, 15) is 18.0 Å². The van der Waals surface area contributed by atoms with Gasteiger partial charge in [-0.2, -0.15) is 13.2 Å². The van der Waals surface area contributed by atoms with Crippen LogP contribution in [0, 0.1) is 0 Å². The lowest BCUT2D eigenvalue weighted by Gasteiger charge is -2.08. The van der Waals surface area contributed by atoms with Crippen LogP contribution in [0.5, 0.6) is 5.75 Å². The highest BCUT2D eigenvalue weighted by Crippen LogP contribution is 2.31. The van der Waals surface area contributed by atoms with Crippen LogP contribution in [-0.2, 0) is 23.9 Å². The molecule has 0 unspecified atom stereocenters. The highest BCUT2D eigenvalue weighted by Gasteiger charge is 2.30. The van der Waals surface area contributed by atoms with Gasteiger partial charge in [0, 0.05) is 29.6 Å². The molecular formula is C26H24F3N5O2S2. The predicted octanol–water partition coefficient (Wildman–Crippen LogP) is 6.33. The highest BCUT2D eigenvalue weighted by molar-refractivity contribution is 7.99. The lowest BCUT2D eigenvalue weighted by molar-refractivity contribution is -0.137. The first-order valence-electron chi connectivity index (χ1n) is 11.6. The van der Waals surface area contributed by atoms with Crippen molar-refractivity contribution in [3.63, 3.8) is 0 Å². The average molecular weight is 560 g/mol. The van der Waals surface area contributed by atoms with Crippen LogP contribution in [0.1, 0.15) is 22.9 Å². The number of rotatable bonds is 11. The van der Waals surface area contributed by atoms with Crippen molar-refractivity contribution in [2.45, 2.75) is 31.2 Å². The molecule has 1 amide bonds. The summed E-state index contributed by atoms with van der Waals surface area (Å²) in [6.45, 7) is 6.76. The van der Waals surface area contributed by atoms with Gasteiger partial charge in [-0.1, -0.05) is 36.0 Å². The molecule has 12 heteroatoms. The van der Waals surface area contributed by atoms with E-state index < -0.39 is 11.7 Å². The molecule has 0 saturated heterocycles. The summed E-state index contributed by atoms with van der Waals surface area (Å²) in [4.78, 5) is 17.5. The number of ether oxygens (including phenoxy) is 1. The van der Waals surface area contributed by atoms with E-state index in [1.54, 1.807) is 18.3 Å². The van der Waals surface area contributed by atoms with Crippen molar-refractivity contribution in [2.75, 3.05) is 17.7 Å². The maximum absolute atomic E-state index is 13.0. The number of allylic oxidation sites excluding steroid dienone is 1. The largest absolute Gasteiger partial charge is 0.494 e. The smallest absolute Gasteiger partial charge is 0.416 e. The van der Waals surface area contributed by atoms with Gasteiger partial charge in [-0.05, 0) is 42.8 Å². The molecule has 0 aliphatic heterocycles. The molecule has 4 aromatic rings. The minimum Gasteiger partial charge on any atom is -0.494 e. The first-order chi connectivity index (χ1) is 18.3. The van der Waals surface area contributed by atoms with Gasteiger partial charge in [-0.15, -0.1) is 28.1 Å². The standard InChI is InChI=1S/C26H24F3N5O2S2/c1-3-12-34-23(18-8-10-20(11-9-18)36-4-2)32-33-25(34)37-16-22(35)31-24-30-15-21(38-24)14-17-6-5-7-19(13-17)26(27,28)29/h3,5-11,13,15H,1,4,12,14,16H2,2H3,(H,30,31,35). The maximum Gasteiger partial charge on any atom is 0.416 e. The molecule has 0 fully saturated rings. The number of anilines is 1. The summed E-state index contributed by atoms with van der Waals surface area (Å²) < 4.78 is 46.3. The fourth-order valence-electron chi connectivity index (χ4n) is 3.56. The number of nitrogens with zero attached hydrogens (tertiary/aromatic N) is 4. The zero-order valence-electron chi connectivity index (χ0n) is 20.4. The summed E-state index contributed by atoms with van der Waals surface area (Å²) in [7, 11) is 0. The molecule has 2 aromatic carbocycles. The summed E-state index contributed by atoms with van der Waals surface area (Å²) >= 11 is 2.45. The highest BCUT2D eigenvalue weighted by atomic mass is 32.2. The molecule has 2 heterocycles. The zero-order chi connectivity index (χ0) is 27.1. The number of carbonyl (C=O) groups is 1. The maximum atomic E-state index is 13.0. The van der Waals surface area contributed by atoms with E-state index in [2.05, 4.69) is 27.1 Å². The molecule has 0 bridgehead atoms. The van der Waals surface area contributed by atoms with Crippen LogP contribution in [0.15, 0.2) is 72.5 Å². The fraction of sp³-hybridized carbons (Fsp3) is 0.231. The van der Waals surface area contributed by atoms with Gasteiger partial charge in [0.2, 0.25) is 5.91 Å². The molecule has 0 aliphatic rings. The average Bonchev–Trinajstić information content (AvgIpc) is 3.50. The van der Waals surface area contributed by atoms with Crippen LogP contribution in [0.4, 0.5) is 18.3 Å². The Morgan fingerprint density at radius 2 is 2.00 bits per heavy atom. The van der Waals surface area contributed by atoms with E-state index in [1.807, 2.05) is 35.8 Å². The number of hydrogen-bond acceptors (Lipinski definition) is 7. The topological polar surface area (TPSA) is 81.9 Å². The van der Waals surface area contributed by atoms with Gasteiger partial charge < -0.3 is 10.1 Å². The number of thioether (sulfide) groups is 1. The summed E-state index contributed by atoms with van der Waals surface area (Å²) in [5.74, 6) is 1.19. The lowest BCUT2D eigenvalue weighted by Crippen LogP contribution is -2.14. The van der Waals surface area contributed by atoms with Gasteiger partial charge in [0.15, 0.2) is 16.1 Å². The third-order valence-corrected chi connectivity index (χ3v) is 7.10. The van der Waals surface area contributed by atoms with Crippen LogP contribution in [0.3, 0.4) is 0 Å². The summed E-state index contributed by atoms with van der Waals surface area (Å²) in [5.41, 5.74) is 0.678. The molecule has 0 spiro atoms. The number of amides is 1. The number of nitrogens with one attached hydrogen (secondary N) is 1. The van der Waals surface area contributed by atoms with Crippen LogP contribution in [-0.4, -0.2) is 38.0 Å². The lowest BCUT2D eigenvalue weighted by atomic mass is 10.1. The number of halogens is 3. The molecule has 0 atom stereocenters. The predicted molar refractivity (Wildman–Crippen MR) is 143 cm³/mol. The van der Waals surface area contributed by atoms with E-state index in [-0.39, 0.29) is 18.1 Å². The molecule has 4 rings (SSSR count). The number of benzene rings is 2. The summed E-state index contributed by atoms with van der Waals surface area (Å²) in [5, 5.41) is 12.2. The first-order valence-corrected chi connectivity index (χ1v) is 13.4. The quantitative estimate of drug-likeness (QED) is 0.171. The zero-order valence-corrected chi connectivity index (χ0v) is 22.0.